The summed E-state index contributed by atoms with van der Waals surface area (Å²) in [5.74, 6) is 0. The van der Waals surface area contributed by atoms with Crippen LogP contribution in [-0.2, 0) is 10.3 Å². The second-order valence-corrected chi connectivity index (χ2v) is 7.64. The molecule has 1 fully saturated rings. The number of ether oxygens (including phenoxy) is 1. The lowest BCUT2D eigenvalue weighted by Gasteiger charge is -2.43. The van der Waals surface area contributed by atoms with Gasteiger partial charge in [0.05, 0.1) is 6.04 Å². The Bertz CT molecular complexity index is 735. The molecule has 2 atom stereocenters. The van der Waals surface area contributed by atoms with Crippen LogP contribution in [0.15, 0.2) is 59.1 Å². The summed E-state index contributed by atoms with van der Waals surface area (Å²) < 4.78 is 7.02. The maximum absolute atomic E-state index is 12.9. The van der Waals surface area contributed by atoms with Crippen LogP contribution in [0.2, 0.25) is 0 Å². The highest BCUT2D eigenvalue weighted by atomic mass is 79.9. The number of aliphatic hydroxyl groups is 1. The Morgan fingerprint density at radius 2 is 1.88 bits per heavy atom. The Morgan fingerprint density at radius 3 is 2.50 bits per heavy atom. The monoisotopic (exact) mass is 417 g/mol. The van der Waals surface area contributed by atoms with E-state index >= 15 is 0 Å². The zero-order valence-corrected chi connectivity index (χ0v) is 16.5. The van der Waals surface area contributed by atoms with Crippen LogP contribution >= 0.6 is 15.9 Å². The standard InChI is InChI=1S/C21H24BrNO3/c1-16(17-8-10-19(22)11-9-17)23-14-13-21(12-5-15-24,26-20(23)25)18-6-3-2-4-7-18/h2-4,6-11,16,24H,5,12-15H2,1H3/t16-,21?/m1/s1. The number of carbonyl (C=O) groups excluding carboxylic acids is 1. The number of hydrogen-bond acceptors (Lipinski definition) is 3. The molecule has 1 unspecified atom stereocenters. The lowest BCUT2D eigenvalue weighted by atomic mass is 9.84. The van der Waals surface area contributed by atoms with Gasteiger partial charge in [-0.25, -0.2) is 4.79 Å². The smallest absolute Gasteiger partial charge is 0.411 e. The summed E-state index contributed by atoms with van der Waals surface area (Å²) in [4.78, 5) is 14.6. The molecule has 26 heavy (non-hydrogen) atoms. The molecule has 1 aliphatic rings. The summed E-state index contributed by atoms with van der Waals surface area (Å²) in [5, 5.41) is 9.28. The van der Waals surface area contributed by atoms with Gasteiger partial charge in [-0.2, -0.15) is 0 Å². The zero-order chi connectivity index (χ0) is 18.6. The molecule has 2 aromatic carbocycles. The zero-order valence-electron chi connectivity index (χ0n) is 14.9. The summed E-state index contributed by atoms with van der Waals surface area (Å²) >= 11 is 3.44. The van der Waals surface area contributed by atoms with Crippen molar-refractivity contribution in [1.29, 1.82) is 0 Å². The highest BCUT2D eigenvalue weighted by molar-refractivity contribution is 9.10. The van der Waals surface area contributed by atoms with Crippen LogP contribution in [0.25, 0.3) is 0 Å². The first-order valence-corrected chi connectivity index (χ1v) is 9.76. The molecule has 5 heteroatoms. The summed E-state index contributed by atoms with van der Waals surface area (Å²) in [5.41, 5.74) is 1.42. The number of carbonyl (C=O) groups is 1. The van der Waals surface area contributed by atoms with Crippen LogP contribution in [-0.4, -0.2) is 29.3 Å². The van der Waals surface area contributed by atoms with Gasteiger partial charge in [0.15, 0.2) is 0 Å². The fourth-order valence-corrected chi connectivity index (χ4v) is 3.84. The normalized spacial score (nSPS) is 21.3. The maximum atomic E-state index is 12.9. The van der Waals surface area contributed by atoms with Crippen LogP contribution in [0.3, 0.4) is 0 Å². The van der Waals surface area contributed by atoms with E-state index in [0.29, 0.717) is 25.8 Å². The number of aliphatic hydroxyl groups excluding tert-OH is 1. The quantitative estimate of drug-likeness (QED) is 0.717. The van der Waals surface area contributed by atoms with E-state index in [-0.39, 0.29) is 18.7 Å². The van der Waals surface area contributed by atoms with Gasteiger partial charge in [-0.15, -0.1) is 0 Å². The van der Waals surface area contributed by atoms with Crippen molar-refractivity contribution in [2.24, 2.45) is 0 Å². The molecule has 2 aromatic rings. The van der Waals surface area contributed by atoms with Crippen molar-refractivity contribution in [2.45, 2.75) is 37.8 Å². The third-order valence-corrected chi connectivity index (χ3v) is 5.66. The van der Waals surface area contributed by atoms with Gasteiger partial charge in [-0.05, 0) is 43.0 Å². The Labute approximate surface area is 162 Å². The van der Waals surface area contributed by atoms with Gasteiger partial charge in [0.1, 0.15) is 5.60 Å². The van der Waals surface area contributed by atoms with Crippen molar-refractivity contribution in [3.05, 3.63) is 70.2 Å². The van der Waals surface area contributed by atoms with E-state index in [0.717, 1.165) is 15.6 Å². The molecule has 4 nitrogen and oxygen atoms in total. The van der Waals surface area contributed by atoms with Crippen molar-refractivity contribution in [3.8, 4) is 0 Å². The molecule has 1 N–H and O–H groups in total. The fraction of sp³-hybridized carbons (Fsp3) is 0.381. The van der Waals surface area contributed by atoms with Gasteiger partial charge < -0.3 is 14.7 Å². The summed E-state index contributed by atoms with van der Waals surface area (Å²) in [7, 11) is 0. The number of amides is 1. The highest BCUT2D eigenvalue weighted by Gasteiger charge is 2.43. The molecular formula is C21H24BrNO3. The molecule has 0 bridgehead atoms. The van der Waals surface area contributed by atoms with E-state index in [4.69, 9.17) is 4.74 Å². The van der Waals surface area contributed by atoms with E-state index in [2.05, 4.69) is 15.9 Å². The van der Waals surface area contributed by atoms with Crippen molar-refractivity contribution in [3.63, 3.8) is 0 Å². The lowest BCUT2D eigenvalue weighted by molar-refractivity contribution is -0.0680. The average molecular weight is 418 g/mol. The minimum Gasteiger partial charge on any atom is -0.438 e. The van der Waals surface area contributed by atoms with Crippen molar-refractivity contribution < 1.29 is 14.6 Å². The van der Waals surface area contributed by atoms with E-state index in [9.17, 15) is 9.90 Å². The molecule has 0 radical (unpaired) electrons. The van der Waals surface area contributed by atoms with Gasteiger partial charge in [-0.1, -0.05) is 58.4 Å². The van der Waals surface area contributed by atoms with Crippen LogP contribution in [0.4, 0.5) is 4.79 Å². The SMILES string of the molecule is C[C@H](c1ccc(Br)cc1)N1CCC(CCCO)(c2ccccc2)OC1=O. The molecule has 1 saturated heterocycles. The largest absolute Gasteiger partial charge is 0.438 e. The number of hydrogen-bond donors (Lipinski definition) is 1. The number of nitrogens with zero attached hydrogens (tertiary/aromatic N) is 1. The van der Waals surface area contributed by atoms with Crippen LogP contribution in [0, 0.1) is 0 Å². The van der Waals surface area contributed by atoms with E-state index in [1.165, 1.54) is 0 Å². The average Bonchev–Trinajstić information content (AvgIpc) is 2.67. The van der Waals surface area contributed by atoms with Crippen LogP contribution < -0.4 is 0 Å². The number of cyclic esters (lactones) is 1. The fourth-order valence-electron chi connectivity index (χ4n) is 3.57. The van der Waals surface area contributed by atoms with Crippen molar-refractivity contribution in [2.75, 3.05) is 13.2 Å². The third-order valence-electron chi connectivity index (χ3n) is 5.13. The number of rotatable bonds is 6. The Morgan fingerprint density at radius 1 is 1.19 bits per heavy atom. The Balaban J connectivity index is 1.80. The number of halogens is 1. The summed E-state index contributed by atoms with van der Waals surface area (Å²) in [6, 6.07) is 17.8. The van der Waals surface area contributed by atoms with E-state index in [1.807, 2.05) is 61.5 Å². The van der Waals surface area contributed by atoms with Gasteiger partial charge in [-0.3, -0.25) is 0 Å². The first-order valence-electron chi connectivity index (χ1n) is 8.97. The molecule has 0 saturated carbocycles. The lowest BCUT2D eigenvalue weighted by Crippen LogP contribution is -2.48. The minimum atomic E-state index is -0.656. The first kappa shape index (κ1) is 18.9. The van der Waals surface area contributed by atoms with Crippen LogP contribution in [0.1, 0.15) is 43.4 Å². The predicted octanol–water partition coefficient (Wildman–Crippen LogP) is 5.02. The Kier molecular flexibility index (Phi) is 5.99. The maximum Gasteiger partial charge on any atom is 0.411 e. The highest BCUT2D eigenvalue weighted by Crippen LogP contribution is 2.40. The van der Waals surface area contributed by atoms with Gasteiger partial charge in [0, 0.05) is 24.0 Å². The first-order chi connectivity index (χ1) is 12.6. The predicted molar refractivity (Wildman–Crippen MR) is 105 cm³/mol. The molecule has 0 aliphatic carbocycles. The topological polar surface area (TPSA) is 49.8 Å². The number of benzene rings is 2. The molecule has 0 aromatic heterocycles. The molecule has 1 amide bonds. The third kappa shape index (κ3) is 3.94. The van der Waals surface area contributed by atoms with Crippen molar-refractivity contribution >= 4 is 22.0 Å². The molecular weight excluding hydrogens is 394 g/mol. The molecule has 1 heterocycles. The van der Waals surface area contributed by atoms with Gasteiger partial charge >= 0.3 is 6.09 Å². The molecule has 138 valence electrons. The van der Waals surface area contributed by atoms with Crippen LogP contribution in [0.5, 0.6) is 0 Å². The van der Waals surface area contributed by atoms with Gasteiger partial charge in [0.2, 0.25) is 0 Å². The van der Waals surface area contributed by atoms with E-state index < -0.39 is 5.60 Å². The summed E-state index contributed by atoms with van der Waals surface area (Å²) in [6.07, 6.45) is 1.64. The molecule has 3 rings (SSSR count). The van der Waals surface area contributed by atoms with Gasteiger partial charge in [0.25, 0.3) is 0 Å². The minimum absolute atomic E-state index is 0.0535. The molecule has 0 spiro atoms. The Hall–Kier alpha value is -1.85. The van der Waals surface area contributed by atoms with Crippen molar-refractivity contribution in [1.82, 2.24) is 4.90 Å². The summed E-state index contributed by atoms with van der Waals surface area (Å²) in [6.45, 7) is 2.73. The van der Waals surface area contributed by atoms with E-state index in [1.54, 1.807) is 4.90 Å². The molecule has 1 aliphatic heterocycles. The second-order valence-electron chi connectivity index (χ2n) is 6.73. The second kappa shape index (κ2) is 8.23.